The molecule has 0 bridgehead atoms. The first-order valence-electron chi connectivity index (χ1n) is 8.21. The van der Waals surface area contributed by atoms with E-state index in [1.54, 1.807) is 22.3 Å². The van der Waals surface area contributed by atoms with Crippen LogP contribution in [0.3, 0.4) is 0 Å². The van der Waals surface area contributed by atoms with Gasteiger partial charge in [-0.15, -0.1) is 11.3 Å². The zero-order valence-corrected chi connectivity index (χ0v) is 15.2. The molecule has 1 aromatic carbocycles. The van der Waals surface area contributed by atoms with Crippen molar-refractivity contribution in [1.82, 2.24) is 25.1 Å². The Kier molecular flexibility index (Phi) is 5.55. The number of hydrogen-bond acceptors (Lipinski definition) is 5. The van der Waals surface area contributed by atoms with E-state index >= 15 is 0 Å². The molecule has 0 saturated heterocycles. The van der Waals surface area contributed by atoms with Crippen LogP contribution in [0.15, 0.2) is 43.0 Å². The summed E-state index contributed by atoms with van der Waals surface area (Å²) in [5.41, 5.74) is 2.03. The molecule has 0 saturated carbocycles. The monoisotopic (exact) mass is 355 g/mol. The number of hydrogen-bond donors (Lipinski definition) is 1. The average Bonchev–Trinajstić information content (AvgIpc) is 3.22. The van der Waals surface area contributed by atoms with E-state index in [0.29, 0.717) is 13.0 Å². The molecule has 25 heavy (non-hydrogen) atoms. The van der Waals surface area contributed by atoms with Crippen molar-refractivity contribution in [1.29, 1.82) is 0 Å². The molecule has 1 N–H and O–H groups in total. The van der Waals surface area contributed by atoms with Crippen molar-refractivity contribution in [3.8, 4) is 0 Å². The highest BCUT2D eigenvalue weighted by atomic mass is 32.1. The second kappa shape index (κ2) is 8.02. The summed E-state index contributed by atoms with van der Waals surface area (Å²) in [5.74, 6) is 0.0131. The first kappa shape index (κ1) is 17.3. The van der Waals surface area contributed by atoms with E-state index in [0.717, 1.165) is 27.6 Å². The molecular formula is C18H21N5OS. The molecule has 0 aliphatic rings. The van der Waals surface area contributed by atoms with Crippen molar-refractivity contribution in [2.24, 2.45) is 0 Å². The number of carbonyl (C=O) groups is 1. The molecule has 6 nitrogen and oxygen atoms in total. The van der Waals surface area contributed by atoms with Crippen LogP contribution >= 0.6 is 11.3 Å². The summed E-state index contributed by atoms with van der Waals surface area (Å²) in [5, 5.41) is 8.28. The largest absolute Gasteiger partial charge is 0.349 e. The van der Waals surface area contributed by atoms with Crippen LogP contribution in [0.1, 0.15) is 33.6 Å². The molecule has 0 aliphatic carbocycles. The van der Waals surface area contributed by atoms with E-state index < -0.39 is 0 Å². The zero-order chi connectivity index (χ0) is 17.6. The van der Waals surface area contributed by atoms with Crippen molar-refractivity contribution < 1.29 is 4.79 Å². The Morgan fingerprint density at radius 1 is 1.28 bits per heavy atom. The summed E-state index contributed by atoms with van der Waals surface area (Å²) >= 11 is 1.58. The predicted molar refractivity (Wildman–Crippen MR) is 97.3 cm³/mol. The van der Waals surface area contributed by atoms with Gasteiger partial charge in [-0.3, -0.25) is 9.48 Å². The van der Waals surface area contributed by atoms with Crippen LogP contribution < -0.4 is 5.32 Å². The van der Waals surface area contributed by atoms with Crippen LogP contribution in [0.4, 0.5) is 0 Å². The van der Waals surface area contributed by atoms with Crippen molar-refractivity contribution >= 4 is 17.2 Å². The normalized spacial score (nSPS) is 12.1. The third kappa shape index (κ3) is 4.73. The Balaban J connectivity index is 1.68. The summed E-state index contributed by atoms with van der Waals surface area (Å²) < 4.78 is 1.78. The van der Waals surface area contributed by atoms with Gasteiger partial charge in [-0.25, -0.2) is 9.97 Å². The molecule has 1 amide bonds. The molecule has 0 fully saturated rings. The van der Waals surface area contributed by atoms with Gasteiger partial charge in [0.1, 0.15) is 12.7 Å². The molecule has 3 aromatic rings. The van der Waals surface area contributed by atoms with E-state index in [9.17, 15) is 4.79 Å². The summed E-state index contributed by atoms with van der Waals surface area (Å²) in [4.78, 5) is 21.9. The summed E-state index contributed by atoms with van der Waals surface area (Å²) in [7, 11) is 0. The van der Waals surface area contributed by atoms with Gasteiger partial charge in [0, 0.05) is 11.4 Å². The maximum atomic E-state index is 12.6. The lowest BCUT2D eigenvalue weighted by molar-refractivity contribution is -0.121. The standard InChI is InChI=1S/C18H21N5OS/c1-13-17(25-14(2)21-13)10-18(24)22-16(15-6-4-3-5-7-15)8-9-23-12-19-11-20-23/h3-7,11-12,16H,8-10H2,1-2H3,(H,22,24)/t16-/m0/s1. The molecule has 7 heteroatoms. The van der Waals surface area contributed by atoms with Crippen molar-refractivity contribution in [2.75, 3.05) is 0 Å². The fourth-order valence-electron chi connectivity index (χ4n) is 2.75. The lowest BCUT2D eigenvalue weighted by Gasteiger charge is -2.19. The Morgan fingerprint density at radius 3 is 2.72 bits per heavy atom. The molecule has 0 aliphatic heterocycles. The van der Waals surface area contributed by atoms with Crippen LogP contribution in [0.5, 0.6) is 0 Å². The number of carbonyl (C=O) groups excluding carboxylic acids is 1. The minimum absolute atomic E-state index is 0.0131. The number of nitrogens with zero attached hydrogens (tertiary/aromatic N) is 4. The van der Waals surface area contributed by atoms with E-state index in [4.69, 9.17) is 0 Å². The van der Waals surface area contributed by atoms with Crippen LogP contribution in [-0.4, -0.2) is 25.7 Å². The first-order chi connectivity index (χ1) is 12.1. The number of nitrogens with one attached hydrogen (secondary N) is 1. The zero-order valence-electron chi connectivity index (χ0n) is 14.3. The van der Waals surface area contributed by atoms with Gasteiger partial charge in [-0.1, -0.05) is 30.3 Å². The first-order valence-corrected chi connectivity index (χ1v) is 9.03. The van der Waals surface area contributed by atoms with Gasteiger partial charge in [0.2, 0.25) is 5.91 Å². The van der Waals surface area contributed by atoms with Crippen molar-refractivity contribution in [3.05, 3.63) is 64.1 Å². The molecule has 130 valence electrons. The summed E-state index contributed by atoms with van der Waals surface area (Å²) in [6.45, 7) is 4.61. The summed E-state index contributed by atoms with van der Waals surface area (Å²) in [6, 6.07) is 9.96. The Bertz CT molecular complexity index is 813. The minimum Gasteiger partial charge on any atom is -0.349 e. The molecule has 1 atom stereocenters. The van der Waals surface area contributed by atoms with Crippen LogP contribution in [0, 0.1) is 13.8 Å². The average molecular weight is 355 g/mol. The quantitative estimate of drug-likeness (QED) is 0.707. The van der Waals surface area contributed by atoms with Crippen LogP contribution in [0.2, 0.25) is 0 Å². The Morgan fingerprint density at radius 2 is 2.08 bits per heavy atom. The van der Waals surface area contributed by atoms with Crippen molar-refractivity contribution in [3.63, 3.8) is 0 Å². The third-order valence-electron chi connectivity index (χ3n) is 3.97. The molecule has 0 spiro atoms. The lowest BCUT2D eigenvalue weighted by atomic mass is 10.0. The van der Waals surface area contributed by atoms with Crippen LogP contribution in [0.25, 0.3) is 0 Å². The topological polar surface area (TPSA) is 72.7 Å². The molecule has 0 unspecified atom stereocenters. The minimum atomic E-state index is -0.0628. The van der Waals surface area contributed by atoms with Gasteiger partial charge in [0.25, 0.3) is 0 Å². The maximum Gasteiger partial charge on any atom is 0.225 e. The number of aryl methyl sites for hydroxylation is 3. The number of benzene rings is 1. The second-order valence-electron chi connectivity index (χ2n) is 5.90. The van der Waals surface area contributed by atoms with Gasteiger partial charge < -0.3 is 5.32 Å². The number of rotatable bonds is 7. The molecule has 0 radical (unpaired) electrons. The Hall–Kier alpha value is -2.54. The van der Waals surface area contributed by atoms with E-state index in [-0.39, 0.29) is 11.9 Å². The highest BCUT2D eigenvalue weighted by Crippen LogP contribution is 2.20. The fourth-order valence-corrected chi connectivity index (χ4v) is 3.68. The fraction of sp³-hybridized carbons (Fsp3) is 0.333. The van der Waals surface area contributed by atoms with E-state index in [2.05, 4.69) is 20.4 Å². The van der Waals surface area contributed by atoms with Gasteiger partial charge in [0.15, 0.2) is 0 Å². The summed E-state index contributed by atoms with van der Waals surface area (Å²) in [6.07, 6.45) is 4.32. The highest BCUT2D eigenvalue weighted by Gasteiger charge is 2.17. The highest BCUT2D eigenvalue weighted by molar-refractivity contribution is 7.11. The molecule has 2 aromatic heterocycles. The number of thiazole rings is 1. The lowest BCUT2D eigenvalue weighted by Crippen LogP contribution is -2.30. The SMILES string of the molecule is Cc1nc(C)c(CC(=O)N[C@@H](CCn2cncn2)c2ccccc2)s1. The third-order valence-corrected chi connectivity index (χ3v) is 5.04. The maximum absolute atomic E-state index is 12.6. The number of aromatic nitrogens is 4. The molecule has 3 rings (SSSR count). The van der Waals surface area contributed by atoms with Gasteiger partial charge in [-0.05, 0) is 25.8 Å². The van der Waals surface area contributed by atoms with Gasteiger partial charge in [0.05, 0.1) is 23.2 Å². The van der Waals surface area contributed by atoms with Gasteiger partial charge in [-0.2, -0.15) is 5.10 Å². The van der Waals surface area contributed by atoms with Gasteiger partial charge >= 0.3 is 0 Å². The van der Waals surface area contributed by atoms with Crippen molar-refractivity contribution in [2.45, 2.75) is 39.3 Å². The van der Waals surface area contributed by atoms with Crippen LogP contribution in [-0.2, 0) is 17.8 Å². The second-order valence-corrected chi connectivity index (χ2v) is 7.18. The molecular weight excluding hydrogens is 334 g/mol. The predicted octanol–water partition coefficient (Wildman–Crippen LogP) is 2.84. The molecule has 2 heterocycles. The van der Waals surface area contributed by atoms with E-state index in [1.165, 1.54) is 6.33 Å². The number of amides is 1. The van der Waals surface area contributed by atoms with E-state index in [1.807, 2.05) is 44.2 Å². The Labute approximate surface area is 150 Å². The smallest absolute Gasteiger partial charge is 0.225 e.